The fraction of sp³-hybridized carbons (Fsp3) is 0.379. The normalized spacial score (nSPS) is 18.2. The second-order valence-electron chi connectivity index (χ2n) is 21.1. The van der Waals surface area contributed by atoms with Gasteiger partial charge in [0.25, 0.3) is 0 Å². The second kappa shape index (κ2) is 25.4. The van der Waals surface area contributed by atoms with Gasteiger partial charge in [-0.25, -0.2) is 24.7 Å². The first-order valence-electron chi connectivity index (χ1n) is 26.5. The smallest absolute Gasteiger partial charge is 0.410 e. The van der Waals surface area contributed by atoms with Gasteiger partial charge in [0.15, 0.2) is 0 Å². The van der Waals surface area contributed by atoms with Gasteiger partial charge in [0.2, 0.25) is 29.6 Å². The van der Waals surface area contributed by atoms with E-state index in [2.05, 4.69) is 49.3 Å². The van der Waals surface area contributed by atoms with Gasteiger partial charge < -0.3 is 54.8 Å². The average molecular weight is 1200 g/mol. The highest BCUT2D eigenvalue weighted by molar-refractivity contribution is 6.42. The highest BCUT2D eigenvalue weighted by Gasteiger charge is 2.38. The topological polar surface area (TPSA) is 224 Å². The SMILES string of the molecule is C=CC(=O)N[C@H]1CN(C(=O)CN2CCCC2)C[C@H]1Nc1ncc2cc(-c3c(Cl)c(OC)cc(OCC(=C)C(=O)N[C@H]4CCN(C(=O)OC(C)(C)C)C[C@H]4Nc4ncc5cc(-c6c(Cl)c(OC)cc(OC)c6Cl)ccc5n4)c3Cl)ccc2n1. The minimum Gasteiger partial charge on any atom is -0.495 e. The Hall–Kier alpha value is -7.36. The quantitative estimate of drug-likeness (QED) is 0.0588. The predicted octanol–water partition coefficient (Wildman–Crippen LogP) is 9.48. The third kappa shape index (κ3) is 13.4. The van der Waals surface area contributed by atoms with Gasteiger partial charge >= 0.3 is 6.09 Å². The molecule has 3 saturated heterocycles. The van der Waals surface area contributed by atoms with Crippen molar-refractivity contribution in [2.24, 2.45) is 0 Å². The van der Waals surface area contributed by atoms with Crippen LogP contribution in [0.1, 0.15) is 40.0 Å². The lowest BCUT2D eigenvalue weighted by atomic mass is 9.99. The summed E-state index contributed by atoms with van der Waals surface area (Å²) in [5.41, 5.74) is 2.72. The van der Waals surface area contributed by atoms with Crippen molar-refractivity contribution in [3.8, 4) is 45.3 Å². The number of ether oxygens (including phenoxy) is 5. The molecule has 6 aromatic rings. The highest BCUT2D eigenvalue weighted by atomic mass is 35.5. The van der Waals surface area contributed by atoms with Gasteiger partial charge in [-0.2, -0.15) is 0 Å². The maximum Gasteiger partial charge on any atom is 0.410 e. The summed E-state index contributed by atoms with van der Waals surface area (Å²) in [5, 5.41) is 15.1. The summed E-state index contributed by atoms with van der Waals surface area (Å²) < 4.78 is 28.6. The monoisotopic (exact) mass is 1200 g/mol. The predicted molar refractivity (Wildman–Crippen MR) is 318 cm³/mol. The lowest BCUT2D eigenvalue weighted by Gasteiger charge is -2.39. The molecule has 0 bridgehead atoms. The molecule has 3 aliphatic rings. The van der Waals surface area contributed by atoms with Crippen molar-refractivity contribution in [3.63, 3.8) is 0 Å². The molecular formula is C58H63Cl4N11O9. The van der Waals surface area contributed by atoms with E-state index in [9.17, 15) is 19.2 Å². The van der Waals surface area contributed by atoms with E-state index in [0.717, 1.165) is 25.9 Å². The number of hydrogen-bond acceptors (Lipinski definition) is 16. The van der Waals surface area contributed by atoms with Crippen LogP contribution in [0, 0.1) is 0 Å². The van der Waals surface area contributed by atoms with Crippen LogP contribution < -0.4 is 40.2 Å². The Morgan fingerprint density at radius 2 is 1.17 bits per heavy atom. The number of methoxy groups -OCH3 is 3. The number of carbonyl (C=O) groups excluding carboxylic acids is 4. The van der Waals surface area contributed by atoms with Crippen molar-refractivity contribution in [3.05, 3.63) is 106 Å². The summed E-state index contributed by atoms with van der Waals surface area (Å²) >= 11 is 27.5. The number of nitrogens with one attached hydrogen (secondary N) is 4. The maximum absolute atomic E-state index is 14.0. The molecule has 20 nitrogen and oxygen atoms in total. The van der Waals surface area contributed by atoms with Crippen molar-refractivity contribution in [1.29, 1.82) is 0 Å². The van der Waals surface area contributed by atoms with Crippen molar-refractivity contribution in [2.75, 3.05) is 84.4 Å². The van der Waals surface area contributed by atoms with Crippen LogP contribution in [0.15, 0.2) is 85.7 Å². The maximum atomic E-state index is 14.0. The number of nitrogens with zero attached hydrogens (tertiary/aromatic N) is 7. The van der Waals surface area contributed by atoms with Gasteiger partial charge in [-0.3, -0.25) is 19.3 Å². The minimum absolute atomic E-state index is 0.00128. The lowest BCUT2D eigenvalue weighted by Crippen LogP contribution is -2.59. The number of likely N-dealkylation sites (tertiary alicyclic amines) is 3. The molecule has 0 unspecified atom stereocenters. The summed E-state index contributed by atoms with van der Waals surface area (Å²) in [6.45, 7) is 16.0. The minimum atomic E-state index is -0.741. The molecule has 432 valence electrons. The van der Waals surface area contributed by atoms with E-state index < -0.39 is 35.7 Å². The molecule has 4 aromatic carbocycles. The fourth-order valence-electron chi connectivity index (χ4n) is 10.1. The van der Waals surface area contributed by atoms with Gasteiger partial charge in [-0.1, -0.05) is 71.7 Å². The Balaban J connectivity index is 0.886. The molecule has 4 atom stereocenters. The summed E-state index contributed by atoms with van der Waals surface area (Å²) in [6.07, 6.45) is 6.49. The Morgan fingerprint density at radius 1 is 0.671 bits per heavy atom. The van der Waals surface area contributed by atoms with Crippen LogP contribution in [0.2, 0.25) is 20.1 Å². The zero-order valence-corrected chi connectivity index (χ0v) is 49.2. The van der Waals surface area contributed by atoms with E-state index in [1.54, 1.807) is 67.2 Å². The first-order chi connectivity index (χ1) is 39.2. The lowest BCUT2D eigenvalue weighted by molar-refractivity contribution is -0.131. The summed E-state index contributed by atoms with van der Waals surface area (Å²) in [5.74, 6) is 0.936. The van der Waals surface area contributed by atoms with Gasteiger partial charge in [0.1, 0.15) is 35.2 Å². The van der Waals surface area contributed by atoms with Crippen LogP contribution in [0.5, 0.6) is 23.0 Å². The molecule has 3 fully saturated rings. The number of rotatable bonds is 18. The third-order valence-electron chi connectivity index (χ3n) is 14.3. The number of hydrogen-bond donors (Lipinski definition) is 4. The number of benzene rings is 4. The van der Waals surface area contributed by atoms with Crippen LogP contribution in [0.3, 0.4) is 0 Å². The highest BCUT2D eigenvalue weighted by Crippen LogP contribution is 2.48. The molecule has 3 aliphatic heterocycles. The van der Waals surface area contributed by atoms with Crippen molar-refractivity contribution in [2.45, 2.75) is 69.8 Å². The van der Waals surface area contributed by atoms with E-state index in [1.807, 2.05) is 18.2 Å². The van der Waals surface area contributed by atoms with Crippen LogP contribution >= 0.6 is 46.4 Å². The third-order valence-corrected chi connectivity index (χ3v) is 15.8. The zero-order valence-electron chi connectivity index (χ0n) is 46.2. The van der Waals surface area contributed by atoms with Crippen LogP contribution in [0.25, 0.3) is 44.1 Å². The number of piperidine rings is 1. The van der Waals surface area contributed by atoms with E-state index in [4.69, 9.17) is 80.1 Å². The molecule has 2 aromatic heterocycles. The molecule has 4 N–H and O–H groups in total. The van der Waals surface area contributed by atoms with E-state index in [-0.39, 0.29) is 70.6 Å². The van der Waals surface area contributed by atoms with Gasteiger partial charge in [-0.15, -0.1) is 0 Å². The van der Waals surface area contributed by atoms with E-state index in [0.29, 0.717) is 97.6 Å². The largest absolute Gasteiger partial charge is 0.495 e. The number of anilines is 2. The van der Waals surface area contributed by atoms with Gasteiger partial charge in [0, 0.05) is 78.2 Å². The number of fused-ring (bicyclic) bond motifs is 2. The molecule has 82 heavy (non-hydrogen) atoms. The van der Waals surface area contributed by atoms with Crippen molar-refractivity contribution < 1.29 is 42.9 Å². The zero-order chi connectivity index (χ0) is 58.6. The fourth-order valence-corrected chi connectivity index (χ4v) is 11.5. The van der Waals surface area contributed by atoms with E-state index >= 15 is 0 Å². The van der Waals surface area contributed by atoms with Crippen LogP contribution in [-0.2, 0) is 19.1 Å². The van der Waals surface area contributed by atoms with Gasteiger partial charge in [0.05, 0.1) is 83.2 Å². The summed E-state index contributed by atoms with van der Waals surface area (Å²) in [7, 11) is 4.48. The average Bonchev–Trinajstić information content (AvgIpc) is 3.62. The number of halogens is 4. The summed E-state index contributed by atoms with van der Waals surface area (Å²) in [4.78, 5) is 77.4. The number of carbonyl (C=O) groups is 4. The molecule has 0 radical (unpaired) electrons. The number of aromatic nitrogens is 4. The molecule has 5 heterocycles. The van der Waals surface area contributed by atoms with Crippen LogP contribution in [-0.4, -0.2) is 162 Å². The Labute approximate surface area is 494 Å². The van der Waals surface area contributed by atoms with E-state index in [1.165, 1.54) is 33.5 Å². The van der Waals surface area contributed by atoms with Crippen LogP contribution in [0.4, 0.5) is 16.7 Å². The first kappa shape index (κ1) is 59.3. The Morgan fingerprint density at radius 3 is 1.70 bits per heavy atom. The molecule has 4 amide bonds. The molecule has 0 aliphatic carbocycles. The standard InChI is InChI=1S/C58H63Cl4N11O9/c1-9-46(74)65-40-27-73(47(75)29-71-17-10-11-18-71)28-41(40)70-56-64-25-35-21-33(13-15-37(35)68-56)49-52(61)44(80-8)23-45(53(49)62)81-30-31(2)54(76)66-38-16-19-72(57(77)82-58(3,4)5)26-39(38)69-55-63-24-34-20-32(12-14-36(34)67-55)48-50(59)42(78-6)22-43(79-7)51(48)60/h9,12-15,20-25,38-41H,1-2,10-11,16-19,26-30H2,3-8H3,(H,65,74)(H,66,76)(H,63,67,69)(H,64,68,70)/t38-,39+,40-,41+/m0/s1. The molecule has 9 rings (SSSR count). The van der Waals surface area contributed by atoms with Crippen molar-refractivity contribution >= 4 is 104 Å². The molecule has 24 heteroatoms. The first-order valence-corrected chi connectivity index (χ1v) is 28.0. The Kier molecular flexibility index (Phi) is 18.4. The number of amides is 4. The van der Waals surface area contributed by atoms with Gasteiger partial charge in [-0.05, 0) is 94.6 Å². The molecule has 0 saturated carbocycles. The molecular weight excluding hydrogens is 1140 g/mol. The summed E-state index contributed by atoms with van der Waals surface area (Å²) in [6, 6.07) is 12.2. The van der Waals surface area contributed by atoms with Crippen molar-refractivity contribution in [1.82, 2.24) is 45.3 Å². The second-order valence-corrected chi connectivity index (χ2v) is 22.6. The molecule has 0 spiro atoms. The Bertz CT molecular complexity index is 3440.